The van der Waals surface area contributed by atoms with E-state index in [4.69, 9.17) is 23.2 Å². The van der Waals surface area contributed by atoms with Crippen molar-refractivity contribution in [2.45, 2.75) is 11.6 Å². The number of alkyl halides is 3. The number of carbonyl (C=O) groups is 1. The SMILES string of the molecule is O=C1C2=C(N(c3ccc(Cl)cc3)C(c3ccccc3Cl)S2)[N+](=O)CCN1CC(F)(F)F. The van der Waals surface area contributed by atoms with Gasteiger partial charge < -0.3 is 4.90 Å². The lowest BCUT2D eigenvalue weighted by molar-refractivity contribution is -0.499. The number of halogens is 5. The highest BCUT2D eigenvalue weighted by Gasteiger charge is 2.51. The first kappa shape index (κ1) is 22.0. The van der Waals surface area contributed by atoms with Gasteiger partial charge in [0.15, 0.2) is 16.8 Å². The molecule has 2 aromatic carbocycles. The monoisotopic (exact) mass is 488 g/mol. The number of benzene rings is 2. The van der Waals surface area contributed by atoms with Gasteiger partial charge in [-0.3, -0.25) is 4.79 Å². The van der Waals surface area contributed by atoms with Crippen molar-refractivity contribution in [3.8, 4) is 0 Å². The fourth-order valence-electron chi connectivity index (χ4n) is 3.48. The van der Waals surface area contributed by atoms with E-state index < -0.39 is 24.0 Å². The van der Waals surface area contributed by atoms with Gasteiger partial charge in [0.1, 0.15) is 12.2 Å². The second kappa shape index (κ2) is 8.37. The fourth-order valence-corrected chi connectivity index (χ4v) is 5.33. The molecule has 1 unspecified atom stereocenters. The van der Waals surface area contributed by atoms with Gasteiger partial charge in [-0.2, -0.15) is 13.2 Å². The van der Waals surface area contributed by atoms with Crippen molar-refractivity contribution in [1.82, 2.24) is 4.90 Å². The largest absolute Gasteiger partial charge is 0.406 e. The van der Waals surface area contributed by atoms with E-state index in [9.17, 15) is 22.9 Å². The van der Waals surface area contributed by atoms with Gasteiger partial charge >= 0.3 is 12.0 Å². The average Bonchev–Trinajstić information content (AvgIpc) is 3.06. The van der Waals surface area contributed by atoms with Crippen LogP contribution < -0.4 is 4.90 Å². The second-order valence-electron chi connectivity index (χ2n) is 6.93. The maximum Gasteiger partial charge on any atom is 0.406 e. The molecule has 0 saturated heterocycles. The van der Waals surface area contributed by atoms with Crippen LogP contribution >= 0.6 is 35.0 Å². The van der Waals surface area contributed by atoms with Crippen LogP contribution in [0.25, 0.3) is 0 Å². The van der Waals surface area contributed by atoms with Crippen molar-refractivity contribution in [3.63, 3.8) is 0 Å². The van der Waals surface area contributed by atoms with Crippen LogP contribution in [0.3, 0.4) is 0 Å². The number of anilines is 1. The molecule has 31 heavy (non-hydrogen) atoms. The lowest BCUT2D eigenvalue weighted by Gasteiger charge is -2.23. The summed E-state index contributed by atoms with van der Waals surface area (Å²) in [6.45, 7) is -2.05. The van der Waals surface area contributed by atoms with Crippen LogP contribution in [0, 0.1) is 4.91 Å². The predicted octanol–water partition coefficient (Wildman–Crippen LogP) is 5.60. The third-order valence-electron chi connectivity index (χ3n) is 4.83. The van der Waals surface area contributed by atoms with Crippen molar-refractivity contribution in [2.24, 2.45) is 0 Å². The molecule has 0 saturated carbocycles. The topological polar surface area (TPSA) is 43.6 Å². The summed E-state index contributed by atoms with van der Waals surface area (Å²) in [4.78, 5) is 28.2. The molecule has 1 amide bonds. The zero-order chi connectivity index (χ0) is 22.3. The number of nitrogens with zero attached hydrogens (tertiary/aromatic N) is 3. The summed E-state index contributed by atoms with van der Waals surface area (Å²) in [5.74, 6) is -0.823. The maximum atomic E-state index is 13.0. The number of nitroso groups, excluding NO2 is 1. The Morgan fingerprint density at radius 3 is 2.42 bits per heavy atom. The van der Waals surface area contributed by atoms with Gasteiger partial charge in [0.2, 0.25) is 0 Å². The molecule has 11 heteroatoms. The predicted molar refractivity (Wildman–Crippen MR) is 114 cm³/mol. The van der Waals surface area contributed by atoms with Gasteiger partial charge in [-0.1, -0.05) is 58.1 Å². The molecule has 2 aliphatic heterocycles. The van der Waals surface area contributed by atoms with Crippen molar-refractivity contribution in [1.29, 1.82) is 0 Å². The molecule has 0 aliphatic carbocycles. The van der Waals surface area contributed by atoms with Gasteiger partial charge in [0.25, 0.3) is 5.91 Å². The summed E-state index contributed by atoms with van der Waals surface area (Å²) in [7, 11) is 0. The third-order valence-corrected chi connectivity index (χ3v) is 6.71. The molecule has 162 valence electrons. The number of rotatable bonds is 3. The Bertz CT molecular complexity index is 1080. The van der Waals surface area contributed by atoms with E-state index in [-0.39, 0.29) is 23.8 Å². The summed E-state index contributed by atoms with van der Waals surface area (Å²) in [6.07, 6.45) is -4.57. The van der Waals surface area contributed by atoms with Gasteiger partial charge in [0, 0.05) is 15.6 Å². The lowest BCUT2D eigenvalue weighted by Crippen LogP contribution is -2.40. The van der Waals surface area contributed by atoms with Crippen LogP contribution in [-0.4, -0.2) is 41.4 Å². The summed E-state index contributed by atoms with van der Waals surface area (Å²) < 4.78 is 39.6. The van der Waals surface area contributed by atoms with E-state index in [1.807, 2.05) is 0 Å². The number of amides is 1. The Labute approximate surface area is 190 Å². The molecule has 2 aliphatic rings. The molecule has 2 aromatic rings. The van der Waals surface area contributed by atoms with E-state index in [0.717, 1.165) is 11.8 Å². The van der Waals surface area contributed by atoms with Crippen LogP contribution in [0.2, 0.25) is 10.0 Å². The van der Waals surface area contributed by atoms with Crippen LogP contribution in [0.15, 0.2) is 59.3 Å². The van der Waals surface area contributed by atoms with Crippen LogP contribution in [0.1, 0.15) is 10.9 Å². The molecule has 1 atom stereocenters. The number of thioether (sulfide) groups is 1. The number of hydrogen-bond acceptors (Lipinski definition) is 4. The third kappa shape index (κ3) is 4.40. The fraction of sp³-hybridized carbons (Fsp3) is 0.250. The summed E-state index contributed by atoms with van der Waals surface area (Å²) >= 11 is 13.4. The number of carbonyl (C=O) groups excluding carboxylic acids is 1. The van der Waals surface area contributed by atoms with Crippen LogP contribution in [0.5, 0.6) is 0 Å². The van der Waals surface area contributed by atoms with Crippen molar-refractivity contribution in [2.75, 3.05) is 24.5 Å². The normalized spacial score (nSPS) is 19.7. The van der Waals surface area contributed by atoms with Crippen LogP contribution in [0.4, 0.5) is 18.9 Å². The van der Waals surface area contributed by atoms with Crippen molar-refractivity contribution < 1.29 is 22.7 Å². The smallest absolute Gasteiger partial charge is 0.325 e. The highest BCUT2D eigenvalue weighted by molar-refractivity contribution is 8.04. The zero-order valence-corrected chi connectivity index (χ0v) is 18.1. The van der Waals surface area contributed by atoms with Crippen molar-refractivity contribution in [3.05, 3.63) is 79.8 Å². The Morgan fingerprint density at radius 2 is 1.77 bits per heavy atom. The van der Waals surface area contributed by atoms with Gasteiger partial charge in [0.05, 0.1) is 6.54 Å². The minimum absolute atomic E-state index is 0.00640. The highest BCUT2D eigenvalue weighted by atomic mass is 35.5. The van der Waals surface area contributed by atoms with Crippen LogP contribution in [-0.2, 0) is 4.79 Å². The molecule has 0 fully saturated rings. The average molecular weight is 489 g/mol. The van der Waals surface area contributed by atoms with Gasteiger partial charge in [-0.25, -0.2) is 4.90 Å². The second-order valence-corrected chi connectivity index (χ2v) is 8.87. The quantitative estimate of drug-likeness (QED) is 0.527. The molecular formula is C20H15Cl2F3N3O2S+. The summed E-state index contributed by atoms with van der Waals surface area (Å²) in [5, 5.41) is 0.270. The zero-order valence-electron chi connectivity index (χ0n) is 15.8. The first-order valence-electron chi connectivity index (χ1n) is 9.16. The standard InChI is InChI=1S/C20H15Cl2F3N3O2S/c21-12-5-7-13(8-6-12)28-17-16(31-19(28)14-3-1-2-4-15(14)22)18(29)26(9-10-27(17)30)11-20(23,24)25/h1-8,19H,9-11H2/q+1. The minimum Gasteiger partial charge on any atom is -0.325 e. The Morgan fingerprint density at radius 1 is 1.10 bits per heavy atom. The maximum absolute atomic E-state index is 13.0. The first-order valence-corrected chi connectivity index (χ1v) is 10.8. The Balaban J connectivity index is 1.83. The molecule has 0 bridgehead atoms. The van der Waals surface area contributed by atoms with E-state index in [2.05, 4.69) is 0 Å². The van der Waals surface area contributed by atoms with E-state index in [1.165, 1.54) is 0 Å². The molecular weight excluding hydrogens is 474 g/mol. The molecule has 0 radical (unpaired) electrons. The highest BCUT2D eigenvalue weighted by Crippen LogP contribution is 2.52. The first-order chi connectivity index (χ1) is 14.7. The van der Waals surface area contributed by atoms with Gasteiger partial charge in [-0.15, -0.1) is 0 Å². The summed E-state index contributed by atoms with van der Waals surface area (Å²) in [6, 6.07) is 13.6. The molecule has 0 spiro atoms. The molecule has 4 rings (SSSR count). The molecule has 2 heterocycles. The summed E-state index contributed by atoms with van der Waals surface area (Å²) in [5.41, 5.74) is 1.19. The number of hydrogen-bond donors (Lipinski definition) is 0. The minimum atomic E-state index is -4.57. The molecule has 0 aromatic heterocycles. The lowest BCUT2D eigenvalue weighted by atomic mass is 10.2. The van der Waals surface area contributed by atoms with Gasteiger partial charge in [-0.05, 0) is 35.1 Å². The molecule has 5 nitrogen and oxygen atoms in total. The van der Waals surface area contributed by atoms with E-state index in [0.29, 0.717) is 31.0 Å². The van der Waals surface area contributed by atoms with Crippen molar-refractivity contribution >= 4 is 46.6 Å². The van der Waals surface area contributed by atoms with E-state index >= 15 is 0 Å². The molecule has 0 N–H and O–H groups in total. The Kier molecular flexibility index (Phi) is 5.93. The Hall–Kier alpha value is -2.23. The van der Waals surface area contributed by atoms with E-state index in [1.54, 1.807) is 53.4 Å².